The molecule has 0 radical (unpaired) electrons. The van der Waals surface area contributed by atoms with E-state index in [0.717, 1.165) is 20.1 Å². The van der Waals surface area contributed by atoms with Crippen LogP contribution in [0.4, 0.5) is 0 Å². The number of hydrogen-bond donors (Lipinski definition) is 0. The highest BCUT2D eigenvalue weighted by Crippen LogP contribution is 2.41. The minimum absolute atomic E-state index is 0.686. The van der Waals surface area contributed by atoms with Crippen LogP contribution in [0.1, 0.15) is 6.92 Å². The Balaban J connectivity index is 2.73. The van der Waals surface area contributed by atoms with Gasteiger partial charge >= 0.3 is 0 Å². The van der Waals surface area contributed by atoms with Gasteiger partial charge in [-0.05, 0) is 56.3 Å². The molecule has 1 nitrogen and oxygen atoms in total. The Morgan fingerprint density at radius 1 is 1.36 bits per heavy atom. The predicted molar refractivity (Wildman–Crippen MR) is 68.4 cm³/mol. The Hall–Kier alpha value is -0.0600. The van der Waals surface area contributed by atoms with Crippen LogP contribution in [0.25, 0.3) is 10.1 Å². The quantitative estimate of drug-likeness (QED) is 0.764. The van der Waals surface area contributed by atoms with Crippen molar-refractivity contribution < 1.29 is 4.74 Å². The average molecular weight is 336 g/mol. The van der Waals surface area contributed by atoms with E-state index in [9.17, 15) is 0 Å². The highest BCUT2D eigenvalue weighted by Gasteiger charge is 2.10. The molecule has 0 atom stereocenters. The largest absolute Gasteiger partial charge is 0.492 e. The van der Waals surface area contributed by atoms with Crippen molar-refractivity contribution in [3.8, 4) is 5.75 Å². The van der Waals surface area contributed by atoms with Gasteiger partial charge in [-0.2, -0.15) is 0 Å². The van der Waals surface area contributed by atoms with Crippen molar-refractivity contribution in [3.63, 3.8) is 0 Å². The smallest absolute Gasteiger partial charge is 0.142 e. The second-order valence-electron chi connectivity index (χ2n) is 2.77. The fourth-order valence-corrected chi connectivity index (χ4v) is 3.72. The van der Waals surface area contributed by atoms with E-state index in [2.05, 4.69) is 43.3 Å². The summed E-state index contributed by atoms with van der Waals surface area (Å²) in [5, 5.41) is 3.24. The molecule has 0 aliphatic rings. The third kappa shape index (κ3) is 1.71. The van der Waals surface area contributed by atoms with E-state index in [1.54, 1.807) is 11.3 Å². The predicted octanol–water partition coefficient (Wildman–Crippen LogP) is 4.83. The Morgan fingerprint density at radius 2 is 2.14 bits per heavy atom. The molecule has 1 aromatic heterocycles. The zero-order chi connectivity index (χ0) is 10.1. The van der Waals surface area contributed by atoms with Crippen LogP contribution in [0, 0.1) is 0 Å². The lowest BCUT2D eigenvalue weighted by atomic mass is 10.2. The standard InChI is InChI=1S/C10H8Br2OS/c1-2-13-9-6-3-4-14-10(6)8(12)5-7(9)11/h3-5H,2H2,1H3. The highest BCUT2D eigenvalue weighted by molar-refractivity contribution is 9.11. The van der Waals surface area contributed by atoms with Gasteiger partial charge in [-0.25, -0.2) is 0 Å². The number of benzene rings is 1. The van der Waals surface area contributed by atoms with Gasteiger partial charge in [0.2, 0.25) is 0 Å². The summed E-state index contributed by atoms with van der Waals surface area (Å²) in [5.74, 6) is 0.937. The molecule has 0 spiro atoms. The van der Waals surface area contributed by atoms with Crippen molar-refractivity contribution in [2.24, 2.45) is 0 Å². The van der Waals surface area contributed by atoms with Gasteiger partial charge in [-0.3, -0.25) is 0 Å². The summed E-state index contributed by atoms with van der Waals surface area (Å²) >= 11 is 8.76. The normalized spacial score (nSPS) is 10.8. The summed E-state index contributed by atoms with van der Waals surface area (Å²) in [4.78, 5) is 0. The molecule has 14 heavy (non-hydrogen) atoms. The SMILES string of the molecule is CCOc1c(Br)cc(Br)c2sccc12. The van der Waals surface area contributed by atoms with Crippen LogP contribution < -0.4 is 4.74 Å². The van der Waals surface area contributed by atoms with Crippen molar-refractivity contribution in [1.29, 1.82) is 0 Å². The van der Waals surface area contributed by atoms with Gasteiger partial charge in [0.15, 0.2) is 0 Å². The maximum absolute atomic E-state index is 5.60. The monoisotopic (exact) mass is 334 g/mol. The number of halogens is 2. The molecule has 0 amide bonds. The molecule has 0 aliphatic carbocycles. The van der Waals surface area contributed by atoms with E-state index in [0.29, 0.717) is 6.61 Å². The molecule has 0 aliphatic heterocycles. The fraction of sp³-hybridized carbons (Fsp3) is 0.200. The van der Waals surface area contributed by atoms with Gasteiger partial charge in [0.1, 0.15) is 5.75 Å². The second-order valence-corrected chi connectivity index (χ2v) is 5.39. The van der Waals surface area contributed by atoms with Gasteiger partial charge in [-0.1, -0.05) is 0 Å². The number of hydrogen-bond acceptors (Lipinski definition) is 2. The molecule has 0 bridgehead atoms. The van der Waals surface area contributed by atoms with Gasteiger partial charge in [-0.15, -0.1) is 11.3 Å². The average Bonchev–Trinajstić information content (AvgIpc) is 2.60. The molecule has 0 saturated carbocycles. The first kappa shape index (κ1) is 10.5. The van der Waals surface area contributed by atoms with Crippen LogP contribution in [-0.4, -0.2) is 6.61 Å². The summed E-state index contributed by atoms with van der Waals surface area (Å²) in [6, 6.07) is 4.12. The summed E-state index contributed by atoms with van der Waals surface area (Å²) in [6.45, 7) is 2.68. The summed E-state index contributed by atoms with van der Waals surface area (Å²) in [6.07, 6.45) is 0. The van der Waals surface area contributed by atoms with E-state index >= 15 is 0 Å². The third-order valence-electron chi connectivity index (χ3n) is 1.89. The maximum Gasteiger partial charge on any atom is 0.142 e. The van der Waals surface area contributed by atoms with Crippen LogP contribution in [-0.2, 0) is 0 Å². The molecule has 4 heteroatoms. The second kappa shape index (κ2) is 4.21. The molecule has 0 unspecified atom stereocenters. The first-order chi connectivity index (χ1) is 6.74. The van der Waals surface area contributed by atoms with Gasteiger partial charge in [0.05, 0.1) is 15.8 Å². The molecular weight excluding hydrogens is 328 g/mol. The van der Waals surface area contributed by atoms with E-state index in [-0.39, 0.29) is 0 Å². The minimum Gasteiger partial charge on any atom is -0.492 e. The van der Waals surface area contributed by atoms with Crippen LogP contribution >= 0.6 is 43.2 Å². The van der Waals surface area contributed by atoms with Crippen molar-refractivity contribution in [1.82, 2.24) is 0 Å². The van der Waals surface area contributed by atoms with Crippen LogP contribution in [0.5, 0.6) is 5.75 Å². The van der Waals surface area contributed by atoms with Crippen LogP contribution in [0.2, 0.25) is 0 Å². The topological polar surface area (TPSA) is 9.23 Å². The van der Waals surface area contributed by atoms with Gasteiger partial charge in [0.25, 0.3) is 0 Å². The van der Waals surface area contributed by atoms with Crippen molar-refractivity contribution >= 4 is 53.3 Å². The third-order valence-corrected chi connectivity index (χ3v) is 4.31. The summed E-state index contributed by atoms with van der Waals surface area (Å²) in [7, 11) is 0. The van der Waals surface area contributed by atoms with Crippen molar-refractivity contribution in [2.45, 2.75) is 6.92 Å². The molecule has 1 aromatic carbocycles. The van der Waals surface area contributed by atoms with E-state index < -0.39 is 0 Å². The number of ether oxygens (including phenoxy) is 1. The molecular formula is C10H8Br2OS. The lowest BCUT2D eigenvalue weighted by molar-refractivity contribution is 0.342. The minimum atomic E-state index is 0.686. The van der Waals surface area contributed by atoms with E-state index in [1.807, 2.05) is 13.0 Å². The van der Waals surface area contributed by atoms with Crippen LogP contribution in [0.3, 0.4) is 0 Å². The Kier molecular flexibility index (Phi) is 3.14. The van der Waals surface area contributed by atoms with E-state index in [4.69, 9.17) is 4.74 Å². The summed E-state index contributed by atoms with van der Waals surface area (Å²) < 4.78 is 8.94. The Bertz CT molecular complexity index is 464. The molecule has 74 valence electrons. The number of rotatable bonds is 2. The first-order valence-corrected chi connectivity index (χ1v) is 6.68. The zero-order valence-corrected chi connectivity index (χ0v) is 11.5. The van der Waals surface area contributed by atoms with Crippen molar-refractivity contribution in [2.75, 3.05) is 6.61 Å². The number of fused-ring (bicyclic) bond motifs is 1. The molecule has 0 fully saturated rings. The highest BCUT2D eigenvalue weighted by atomic mass is 79.9. The lowest BCUT2D eigenvalue weighted by Crippen LogP contribution is -1.92. The maximum atomic E-state index is 5.60. The Labute approximate surface area is 103 Å². The molecule has 0 N–H and O–H groups in total. The van der Waals surface area contributed by atoms with Gasteiger partial charge < -0.3 is 4.74 Å². The molecule has 1 heterocycles. The lowest BCUT2D eigenvalue weighted by Gasteiger charge is -2.08. The fourth-order valence-electron chi connectivity index (χ4n) is 1.34. The number of thiophene rings is 1. The van der Waals surface area contributed by atoms with Crippen molar-refractivity contribution in [3.05, 3.63) is 26.5 Å². The molecule has 2 aromatic rings. The van der Waals surface area contributed by atoms with Gasteiger partial charge in [0, 0.05) is 9.86 Å². The Morgan fingerprint density at radius 3 is 2.86 bits per heavy atom. The van der Waals surface area contributed by atoms with E-state index in [1.165, 1.54) is 4.70 Å². The molecule has 0 saturated heterocycles. The molecule has 2 rings (SSSR count). The van der Waals surface area contributed by atoms with Crippen LogP contribution in [0.15, 0.2) is 26.5 Å². The summed E-state index contributed by atoms with van der Waals surface area (Å²) in [5.41, 5.74) is 0. The zero-order valence-electron chi connectivity index (χ0n) is 7.51. The first-order valence-electron chi connectivity index (χ1n) is 4.22.